The van der Waals surface area contributed by atoms with Crippen molar-refractivity contribution in [2.45, 2.75) is 6.92 Å². The minimum Gasteiger partial charge on any atom is -0.423 e. The maximum atomic E-state index is 11.9. The first-order chi connectivity index (χ1) is 9.19. The lowest BCUT2D eigenvalue weighted by molar-refractivity contribution is 0.0734. The van der Waals surface area contributed by atoms with Crippen molar-refractivity contribution >= 4 is 12.2 Å². The van der Waals surface area contributed by atoms with E-state index in [2.05, 4.69) is 5.16 Å². The highest BCUT2D eigenvalue weighted by Gasteiger charge is 2.08. The first-order valence-corrected chi connectivity index (χ1v) is 5.75. The summed E-state index contributed by atoms with van der Waals surface area (Å²) in [6.07, 6.45) is 1.27. The van der Waals surface area contributed by atoms with Crippen LogP contribution in [-0.4, -0.2) is 17.4 Å². The second-order valence-electron chi connectivity index (χ2n) is 4.08. The Morgan fingerprint density at radius 3 is 2.74 bits per heavy atom. The normalized spacial score (nSPS) is 10.6. The lowest BCUT2D eigenvalue weighted by Gasteiger charge is -2.05. The number of hydrogen-bond acceptors (Lipinski definition) is 4. The van der Waals surface area contributed by atoms with E-state index in [4.69, 9.17) is 9.94 Å². The van der Waals surface area contributed by atoms with Gasteiger partial charge in [-0.2, -0.15) is 0 Å². The van der Waals surface area contributed by atoms with Gasteiger partial charge in [0.2, 0.25) is 0 Å². The Bertz CT molecular complexity index is 620. The highest BCUT2D eigenvalue weighted by Crippen LogP contribution is 2.15. The zero-order valence-electron chi connectivity index (χ0n) is 10.4. The third-order valence-electron chi connectivity index (χ3n) is 2.53. The number of benzene rings is 2. The van der Waals surface area contributed by atoms with Gasteiger partial charge in [-0.05, 0) is 36.8 Å². The van der Waals surface area contributed by atoms with Crippen molar-refractivity contribution in [1.29, 1.82) is 0 Å². The molecular formula is C15H13NO3. The van der Waals surface area contributed by atoms with Gasteiger partial charge in [-0.3, -0.25) is 0 Å². The number of oxime groups is 1. The van der Waals surface area contributed by atoms with Gasteiger partial charge in [-0.25, -0.2) is 4.79 Å². The maximum absolute atomic E-state index is 11.9. The summed E-state index contributed by atoms with van der Waals surface area (Å²) in [6.45, 7) is 1.91. The van der Waals surface area contributed by atoms with Crippen LogP contribution in [0.2, 0.25) is 0 Å². The largest absolute Gasteiger partial charge is 0.423 e. The van der Waals surface area contributed by atoms with Gasteiger partial charge >= 0.3 is 5.97 Å². The Morgan fingerprint density at radius 1 is 1.21 bits per heavy atom. The van der Waals surface area contributed by atoms with Crippen LogP contribution in [0.5, 0.6) is 5.75 Å². The van der Waals surface area contributed by atoms with E-state index in [1.165, 1.54) is 6.21 Å². The molecule has 0 aliphatic carbocycles. The van der Waals surface area contributed by atoms with E-state index < -0.39 is 5.97 Å². The van der Waals surface area contributed by atoms with Gasteiger partial charge in [-0.1, -0.05) is 35.0 Å². The Kier molecular flexibility index (Phi) is 3.93. The van der Waals surface area contributed by atoms with Crippen LogP contribution in [-0.2, 0) is 0 Å². The summed E-state index contributed by atoms with van der Waals surface area (Å²) in [5, 5.41) is 11.4. The summed E-state index contributed by atoms with van der Waals surface area (Å²) in [4.78, 5) is 11.9. The summed E-state index contributed by atoms with van der Waals surface area (Å²) >= 11 is 0. The van der Waals surface area contributed by atoms with Crippen LogP contribution in [0, 0.1) is 6.92 Å². The minimum atomic E-state index is -0.415. The Morgan fingerprint density at radius 2 is 2.00 bits per heavy atom. The molecule has 0 radical (unpaired) electrons. The van der Waals surface area contributed by atoms with E-state index in [9.17, 15) is 4.79 Å². The summed E-state index contributed by atoms with van der Waals surface area (Å²) in [7, 11) is 0. The molecule has 0 aliphatic rings. The molecule has 2 rings (SSSR count). The van der Waals surface area contributed by atoms with Crippen molar-refractivity contribution in [1.82, 2.24) is 0 Å². The Balaban J connectivity index is 2.17. The molecule has 0 aliphatic heterocycles. The SMILES string of the molecule is Cc1cccc(C(=O)Oc2cccc(/C=N\O)c2)c1. The zero-order valence-corrected chi connectivity index (χ0v) is 10.4. The fraction of sp³-hybridized carbons (Fsp3) is 0.0667. The molecule has 0 heterocycles. The molecule has 2 aromatic rings. The smallest absolute Gasteiger partial charge is 0.343 e. The zero-order chi connectivity index (χ0) is 13.7. The minimum absolute atomic E-state index is 0.406. The number of esters is 1. The van der Waals surface area contributed by atoms with Crippen LogP contribution in [0.4, 0.5) is 0 Å². The van der Waals surface area contributed by atoms with E-state index in [1.807, 2.05) is 13.0 Å². The summed E-state index contributed by atoms with van der Waals surface area (Å²) < 4.78 is 5.26. The van der Waals surface area contributed by atoms with Crippen molar-refractivity contribution in [2.75, 3.05) is 0 Å². The lowest BCUT2D eigenvalue weighted by atomic mass is 10.1. The molecule has 0 saturated carbocycles. The van der Waals surface area contributed by atoms with E-state index in [0.717, 1.165) is 5.56 Å². The monoisotopic (exact) mass is 255 g/mol. The lowest BCUT2D eigenvalue weighted by Crippen LogP contribution is -2.08. The molecule has 0 saturated heterocycles. The third-order valence-corrected chi connectivity index (χ3v) is 2.53. The molecule has 4 nitrogen and oxygen atoms in total. The second-order valence-corrected chi connectivity index (χ2v) is 4.08. The molecule has 0 spiro atoms. The molecule has 0 unspecified atom stereocenters. The summed E-state index contributed by atoms with van der Waals surface area (Å²) in [5.41, 5.74) is 2.15. The second kappa shape index (κ2) is 5.82. The number of aryl methyl sites for hydroxylation is 1. The molecule has 2 aromatic carbocycles. The fourth-order valence-corrected chi connectivity index (χ4v) is 1.66. The maximum Gasteiger partial charge on any atom is 0.343 e. The average Bonchev–Trinajstić information content (AvgIpc) is 2.39. The van der Waals surface area contributed by atoms with Crippen LogP contribution in [0.3, 0.4) is 0 Å². The van der Waals surface area contributed by atoms with Crippen molar-refractivity contribution in [3.05, 3.63) is 65.2 Å². The van der Waals surface area contributed by atoms with Gasteiger partial charge in [0, 0.05) is 0 Å². The first kappa shape index (κ1) is 12.8. The molecule has 0 atom stereocenters. The standard InChI is InChI=1S/C15H13NO3/c1-11-4-2-6-13(8-11)15(17)19-14-7-3-5-12(9-14)10-16-18/h2-10,18H,1H3/b16-10-. The highest BCUT2D eigenvalue weighted by molar-refractivity contribution is 5.91. The van der Waals surface area contributed by atoms with Crippen molar-refractivity contribution in [3.63, 3.8) is 0 Å². The summed E-state index contributed by atoms with van der Waals surface area (Å²) in [5.74, 6) is -0.00862. The molecule has 4 heteroatoms. The van der Waals surface area contributed by atoms with E-state index in [1.54, 1.807) is 42.5 Å². The molecule has 19 heavy (non-hydrogen) atoms. The van der Waals surface area contributed by atoms with Crippen LogP contribution in [0.15, 0.2) is 53.7 Å². The van der Waals surface area contributed by atoms with Gasteiger partial charge in [0.1, 0.15) is 5.75 Å². The average molecular weight is 255 g/mol. The predicted molar refractivity (Wildman–Crippen MR) is 72.0 cm³/mol. The topological polar surface area (TPSA) is 58.9 Å². The number of ether oxygens (including phenoxy) is 1. The van der Waals surface area contributed by atoms with Crippen molar-refractivity contribution in [3.8, 4) is 5.75 Å². The number of carbonyl (C=O) groups is 1. The van der Waals surface area contributed by atoms with Gasteiger partial charge in [0.25, 0.3) is 0 Å². The van der Waals surface area contributed by atoms with E-state index in [-0.39, 0.29) is 0 Å². The molecule has 96 valence electrons. The van der Waals surface area contributed by atoms with Crippen molar-refractivity contribution < 1.29 is 14.7 Å². The first-order valence-electron chi connectivity index (χ1n) is 5.75. The van der Waals surface area contributed by atoms with Crippen LogP contribution in [0.1, 0.15) is 21.5 Å². The third kappa shape index (κ3) is 3.42. The molecular weight excluding hydrogens is 242 g/mol. The van der Waals surface area contributed by atoms with Gasteiger partial charge in [0.15, 0.2) is 0 Å². The van der Waals surface area contributed by atoms with Gasteiger partial charge in [-0.15, -0.1) is 0 Å². The molecule has 0 fully saturated rings. The van der Waals surface area contributed by atoms with Crippen LogP contribution in [0.25, 0.3) is 0 Å². The van der Waals surface area contributed by atoms with Gasteiger partial charge < -0.3 is 9.94 Å². The van der Waals surface area contributed by atoms with E-state index in [0.29, 0.717) is 16.9 Å². The predicted octanol–water partition coefficient (Wildman–Crippen LogP) is 3.02. The summed E-state index contributed by atoms with van der Waals surface area (Å²) in [6, 6.07) is 13.9. The van der Waals surface area contributed by atoms with Crippen molar-refractivity contribution in [2.24, 2.45) is 5.16 Å². The number of hydrogen-bond donors (Lipinski definition) is 1. The molecule has 0 bridgehead atoms. The van der Waals surface area contributed by atoms with Crippen LogP contribution < -0.4 is 4.74 Å². The molecule has 1 N–H and O–H groups in total. The van der Waals surface area contributed by atoms with Gasteiger partial charge in [0.05, 0.1) is 11.8 Å². The molecule has 0 amide bonds. The molecule has 0 aromatic heterocycles. The Labute approximate surface area is 111 Å². The van der Waals surface area contributed by atoms with E-state index >= 15 is 0 Å². The number of rotatable bonds is 3. The number of carbonyl (C=O) groups excluding carboxylic acids is 1. The fourth-order valence-electron chi connectivity index (χ4n) is 1.66. The number of nitrogens with zero attached hydrogens (tertiary/aromatic N) is 1. The Hall–Kier alpha value is -2.62. The van der Waals surface area contributed by atoms with Crippen LogP contribution >= 0.6 is 0 Å². The quantitative estimate of drug-likeness (QED) is 0.301. The highest BCUT2D eigenvalue weighted by atomic mass is 16.5.